The van der Waals surface area contributed by atoms with Crippen LogP contribution in [0.15, 0.2) is 0 Å². The Bertz CT molecular complexity index is 150. The number of ketones is 1. The van der Waals surface area contributed by atoms with Gasteiger partial charge in [0.15, 0.2) is 5.78 Å². The Morgan fingerprint density at radius 3 is 2.45 bits per heavy atom. The van der Waals surface area contributed by atoms with Crippen molar-refractivity contribution in [1.82, 2.24) is 0 Å². The maximum atomic E-state index is 11.3. The van der Waals surface area contributed by atoms with Crippen LogP contribution in [0.4, 0.5) is 0 Å². The van der Waals surface area contributed by atoms with Gasteiger partial charge in [0.25, 0.3) is 0 Å². The first-order valence-electron chi connectivity index (χ1n) is 4.40. The summed E-state index contributed by atoms with van der Waals surface area (Å²) in [6.07, 6.45) is 3.47. The molecule has 1 aliphatic rings. The van der Waals surface area contributed by atoms with Gasteiger partial charge in [-0.05, 0) is 12.3 Å². The van der Waals surface area contributed by atoms with Crippen LogP contribution in [0, 0.1) is 11.8 Å². The molecule has 2 heteroatoms. The SMILES string of the molecule is CC(C)C(=O)[C@@H](N)CC1CC1. The van der Waals surface area contributed by atoms with E-state index in [1.54, 1.807) is 0 Å². The van der Waals surface area contributed by atoms with Gasteiger partial charge in [0.2, 0.25) is 0 Å². The molecule has 0 amide bonds. The molecule has 1 atom stereocenters. The minimum atomic E-state index is -0.192. The number of rotatable bonds is 4. The summed E-state index contributed by atoms with van der Waals surface area (Å²) in [4.78, 5) is 11.3. The van der Waals surface area contributed by atoms with Crippen LogP contribution in [0.5, 0.6) is 0 Å². The predicted molar refractivity (Wildman–Crippen MR) is 45.2 cm³/mol. The molecule has 0 unspecified atom stereocenters. The Hall–Kier alpha value is -0.370. The van der Waals surface area contributed by atoms with E-state index in [0.29, 0.717) is 0 Å². The Balaban J connectivity index is 2.26. The van der Waals surface area contributed by atoms with E-state index in [0.717, 1.165) is 12.3 Å². The van der Waals surface area contributed by atoms with Crippen molar-refractivity contribution in [3.05, 3.63) is 0 Å². The lowest BCUT2D eigenvalue weighted by molar-refractivity contribution is -0.123. The van der Waals surface area contributed by atoms with E-state index in [9.17, 15) is 4.79 Å². The van der Waals surface area contributed by atoms with E-state index in [2.05, 4.69) is 0 Å². The average Bonchev–Trinajstić information content (AvgIpc) is 2.69. The van der Waals surface area contributed by atoms with Crippen LogP contribution in [-0.4, -0.2) is 11.8 Å². The monoisotopic (exact) mass is 155 g/mol. The molecule has 0 spiro atoms. The minimum absolute atomic E-state index is 0.101. The van der Waals surface area contributed by atoms with E-state index < -0.39 is 0 Å². The van der Waals surface area contributed by atoms with Crippen molar-refractivity contribution >= 4 is 5.78 Å². The van der Waals surface area contributed by atoms with Crippen LogP contribution in [0.1, 0.15) is 33.1 Å². The smallest absolute Gasteiger partial charge is 0.152 e. The summed E-state index contributed by atoms with van der Waals surface area (Å²) in [5, 5.41) is 0. The normalized spacial score (nSPS) is 20.4. The number of carbonyl (C=O) groups is 1. The van der Waals surface area contributed by atoms with E-state index in [-0.39, 0.29) is 17.7 Å². The molecule has 64 valence electrons. The van der Waals surface area contributed by atoms with Gasteiger partial charge in [-0.25, -0.2) is 0 Å². The van der Waals surface area contributed by atoms with Crippen LogP contribution in [0.2, 0.25) is 0 Å². The second kappa shape index (κ2) is 3.35. The standard InChI is InChI=1S/C9H17NO/c1-6(2)9(11)8(10)5-7-3-4-7/h6-8H,3-5,10H2,1-2H3/t8-/m0/s1. The van der Waals surface area contributed by atoms with E-state index in [4.69, 9.17) is 5.73 Å². The fourth-order valence-electron chi connectivity index (χ4n) is 1.26. The molecule has 0 aliphatic heterocycles. The summed E-state index contributed by atoms with van der Waals surface area (Å²) in [6.45, 7) is 3.82. The maximum absolute atomic E-state index is 11.3. The van der Waals surface area contributed by atoms with E-state index in [1.807, 2.05) is 13.8 Å². The molecule has 0 radical (unpaired) electrons. The molecule has 11 heavy (non-hydrogen) atoms. The fraction of sp³-hybridized carbons (Fsp3) is 0.889. The molecule has 1 fully saturated rings. The van der Waals surface area contributed by atoms with Gasteiger partial charge in [-0.1, -0.05) is 26.7 Å². The van der Waals surface area contributed by atoms with Gasteiger partial charge in [-0.15, -0.1) is 0 Å². The third-order valence-corrected chi connectivity index (χ3v) is 2.22. The Kier molecular flexibility index (Phi) is 2.66. The van der Waals surface area contributed by atoms with Gasteiger partial charge in [0.05, 0.1) is 6.04 Å². The molecular formula is C9H17NO. The largest absolute Gasteiger partial charge is 0.321 e. The number of Topliss-reactive ketones (excluding diaryl/α,β-unsaturated/α-hetero) is 1. The Morgan fingerprint density at radius 1 is 1.55 bits per heavy atom. The number of nitrogens with two attached hydrogens (primary N) is 1. The number of hydrogen-bond acceptors (Lipinski definition) is 2. The van der Waals surface area contributed by atoms with Crippen LogP contribution in [-0.2, 0) is 4.79 Å². The molecule has 0 aromatic carbocycles. The molecule has 0 saturated heterocycles. The van der Waals surface area contributed by atoms with Crippen LogP contribution >= 0.6 is 0 Å². The predicted octanol–water partition coefficient (Wildman–Crippen LogP) is 1.34. The molecule has 2 nitrogen and oxygen atoms in total. The molecule has 0 bridgehead atoms. The lowest BCUT2D eigenvalue weighted by Crippen LogP contribution is -2.34. The third-order valence-electron chi connectivity index (χ3n) is 2.22. The maximum Gasteiger partial charge on any atom is 0.152 e. The van der Waals surface area contributed by atoms with E-state index >= 15 is 0 Å². The first-order chi connectivity index (χ1) is 5.11. The fourth-order valence-corrected chi connectivity index (χ4v) is 1.26. The van der Waals surface area contributed by atoms with Crippen molar-refractivity contribution in [2.45, 2.75) is 39.2 Å². The number of hydrogen-bond donors (Lipinski definition) is 1. The summed E-state index contributed by atoms with van der Waals surface area (Å²) < 4.78 is 0. The summed E-state index contributed by atoms with van der Waals surface area (Å²) in [7, 11) is 0. The molecule has 1 aliphatic carbocycles. The van der Waals surface area contributed by atoms with Gasteiger partial charge < -0.3 is 5.73 Å². The van der Waals surface area contributed by atoms with Gasteiger partial charge >= 0.3 is 0 Å². The van der Waals surface area contributed by atoms with Crippen LogP contribution in [0.25, 0.3) is 0 Å². The van der Waals surface area contributed by atoms with Crippen molar-refractivity contribution < 1.29 is 4.79 Å². The van der Waals surface area contributed by atoms with Crippen molar-refractivity contribution in [3.63, 3.8) is 0 Å². The lowest BCUT2D eigenvalue weighted by atomic mass is 9.98. The quantitative estimate of drug-likeness (QED) is 0.665. The molecule has 0 aromatic rings. The zero-order valence-electron chi connectivity index (χ0n) is 7.34. The first-order valence-corrected chi connectivity index (χ1v) is 4.40. The zero-order chi connectivity index (χ0) is 8.43. The van der Waals surface area contributed by atoms with Crippen molar-refractivity contribution in [1.29, 1.82) is 0 Å². The second-order valence-electron chi connectivity index (χ2n) is 3.84. The summed E-state index contributed by atoms with van der Waals surface area (Å²) in [5.74, 6) is 1.08. The van der Waals surface area contributed by atoms with Gasteiger partial charge in [0, 0.05) is 5.92 Å². The molecule has 1 rings (SSSR count). The molecular weight excluding hydrogens is 138 g/mol. The summed E-state index contributed by atoms with van der Waals surface area (Å²) in [6, 6.07) is -0.192. The highest BCUT2D eigenvalue weighted by atomic mass is 16.1. The second-order valence-corrected chi connectivity index (χ2v) is 3.84. The molecule has 1 saturated carbocycles. The van der Waals surface area contributed by atoms with Gasteiger partial charge in [0.1, 0.15) is 0 Å². The highest BCUT2D eigenvalue weighted by molar-refractivity contribution is 5.85. The lowest BCUT2D eigenvalue weighted by Gasteiger charge is -2.11. The topological polar surface area (TPSA) is 43.1 Å². The van der Waals surface area contributed by atoms with Crippen molar-refractivity contribution in [3.8, 4) is 0 Å². The number of carbonyl (C=O) groups excluding carboxylic acids is 1. The molecule has 0 heterocycles. The molecule has 0 aromatic heterocycles. The summed E-state index contributed by atoms with van der Waals surface area (Å²) >= 11 is 0. The van der Waals surface area contributed by atoms with Crippen molar-refractivity contribution in [2.75, 3.05) is 0 Å². The van der Waals surface area contributed by atoms with Crippen LogP contribution in [0.3, 0.4) is 0 Å². The third kappa shape index (κ3) is 2.62. The first kappa shape index (κ1) is 8.72. The van der Waals surface area contributed by atoms with Gasteiger partial charge in [-0.3, -0.25) is 4.79 Å². The molecule has 2 N–H and O–H groups in total. The Morgan fingerprint density at radius 2 is 2.09 bits per heavy atom. The highest BCUT2D eigenvalue weighted by Gasteiger charge is 2.27. The van der Waals surface area contributed by atoms with Crippen molar-refractivity contribution in [2.24, 2.45) is 17.6 Å². The Labute approximate surface area is 68.2 Å². The van der Waals surface area contributed by atoms with Crippen LogP contribution < -0.4 is 5.73 Å². The highest BCUT2D eigenvalue weighted by Crippen LogP contribution is 2.33. The van der Waals surface area contributed by atoms with Gasteiger partial charge in [-0.2, -0.15) is 0 Å². The minimum Gasteiger partial charge on any atom is -0.321 e. The average molecular weight is 155 g/mol. The van der Waals surface area contributed by atoms with E-state index in [1.165, 1.54) is 12.8 Å². The zero-order valence-corrected chi connectivity index (χ0v) is 7.34. The summed E-state index contributed by atoms with van der Waals surface area (Å²) in [5.41, 5.74) is 5.71.